The number of nitriles is 1. The van der Waals surface area contributed by atoms with Crippen molar-refractivity contribution in [3.8, 4) is 11.9 Å². The molecule has 1 amide bonds. The summed E-state index contributed by atoms with van der Waals surface area (Å²) in [7, 11) is 0. The van der Waals surface area contributed by atoms with Gasteiger partial charge in [-0.25, -0.2) is 10.0 Å². The molecule has 9 nitrogen and oxygen atoms in total. The molecule has 1 atom stereocenters. The minimum atomic E-state index is -2.99. The average Bonchev–Trinajstić information content (AvgIpc) is 3.26. The summed E-state index contributed by atoms with van der Waals surface area (Å²) >= 11 is 12.3. The molecule has 0 fully saturated rings. The first-order chi connectivity index (χ1) is 17.2. The molecule has 2 aromatic rings. The Morgan fingerprint density at radius 1 is 1.36 bits per heavy atom. The molecular weight excluding hydrogens is 515 g/mol. The van der Waals surface area contributed by atoms with Crippen LogP contribution in [0.15, 0.2) is 52.6 Å². The van der Waals surface area contributed by atoms with Crippen LogP contribution in [0.3, 0.4) is 0 Å². The fourth-order valence-corrected chi connectivity index (χ4v) is 3.95. The van der Waals surface area contributed by atoms with E-state index in [9.17, 15) is 18.8 Å². The number of alkyl halides is 2. The Morgan fingerprint density at radius 2 is 2.14 bits per heavy atom. The molecule has 190 valence electrons. The van der Waals surface area contributed by atoms with Gasteiger partial charge in [0.25, 0.3) is 0 Å². The fourth-order valence-electron chi connectivity index (χ4n) is 3.66. The maximum absolute atomic E-state index is 12.6. The molecule has 0 saturated heterocycles. The number of hydrogen-bond acceptors (Lipinski definition) is 6. The van der Waals surface area contributed by atoms with Crippen molar-refractivity contribution >= 4 is 46.5 Å². The first-order valence-corrected chi connectivity index (χ1v) is 11.6. The number of carbonyl (C=O) groups excluding carboxylic acids is 1. The number of carbonyl (C=O) groups is 1. The van der Waals surface area contributed by atoms with Gasteiger partial charge in [-0.15, -0.1) is 0 Å². The third-order valence-corrected chi connectivity index (χ3v) is 6.03. The highest BCUT2D eigenvalue weighted by Crippen LogP contribution is 2.27. The number of nitrogens with two attached hydrogens (primary N) is 1. The number of aliphatic imine (C=N–C) groups is 1. The first-order valence-electron chi connectivity index (χ1n) is 10.8. The first kappa shape index (κ1) is 27.1. The molecule has 0 saturated carbocycles. The van der Waals surface area contributed by atoms with E-state index < -0.39 is 12.5 Å². The molecule has 1 aliphatic heterocycles. The topological polar surface area (TPSA) is 119 Å². The second-order valence-electron chi connectivity index (χ2n) is 7.61. The van der Waals surface area contributed by atoms with Crippen LogP contribution >= 0.6 is 23.2 Å². The molecule has 13 heteroatoms. The average molecular weight is 538 g/mol. The predicted molar refractivity (Wildman–Crippen MR) is 133 cm³/mol. The number of ether oxygens (including phenoxy) is 1. The molecule has 3 rings (SSSR count). The Morgan fingerprint density at radius 3 is 2.78 bits per heavy atom. The number of halogens is 4. The highest BCUT2D eigenvalue weighted by atomic mass is 35.5. The maximum Gasteiger partial charge on any atom is 0.387 e. The van der Waals surface area contributed by atoms with Crippen LogP contribution in [0.5, 0.6) is 5.75 Å². The van der Waals surface area contributed by atoms with Crippen molar-refractivity contribution in [2.24, 2.45) is 15.8 Å². The highest BCUT2D eigenvalue weighted by molar-refractivity contribution is 6.42. The zero-order valence-corrected chi connectivity index (χ0v) is 20.7. The van der Waals surface area contributed by atoms with Crippen LogP contribution in [0.1, 0.15) is 18.9 Å². The van der Waals surface area contributed by atoms with E-state index in [1.807, 2.05) is 18.0 Å². The Kier molecular flexibility index (Phi) is 9.41. The Bertz CT molecular complexity index is 1200. The number of hydrazone groups is 1. The van der Waals surface area contributed by atoms with E-state index in [1.54, 1.807) is 24.3 Å². The number of primary amides is 1. The van der Waals surface area contributed by atoms with Gasteiger partial charge < -0.3 is 10.5 Å². The van der Waals surface area contributed by atoms with Crippen LogP contribution in [0, 0.1) is 11.5 Å². The molecule has 1 unspecified atom stereocenters. The Balaban J connectivity index is 2.01. The second kappa shape index (κ2) is 12.5. The molecule has 0 aliphatic carbocycles. The van der Waals surface area contributed by atoms with Crippen molar-refractivity contribution in [3.63, 3.8) is 0 Å². The van der Waals surface area contributed by atoms with Crippen LogP contribution < -0.4 is 15.8 Å². The number of hydrogen-bond donors (Lipinski definition) is 2. The molecule has 0 bridgehead atoms. The van der Waals surface area contributed by atoms with Crippen molar-refractivity contribution < 1.29 is 18.3 Å². The van der Waals surface area contributed by atoms with Gasteiger partial charge in [0, 0.05) is 24.6 Å². The Hall–Kier alpha value is -3.46. The van der Waals surface area contributed by atoms with Crippen LogP contribution in [0.2, 0.25) is 10.0 Å². The van der Waals surface area contributed by atoms with Gasteiger partial charge in [-0.3, -0.25) is 15.0 Å². The second-order valence-corrected chi connectivity index (χ2v) is 8.42. The lowest BCUT2D eigenvalue weighted by atomic mass is 10.0. The quantitative estimate of drug-likeness (QED) is 0.216. The lowest BCUT2D eigenvalue weighted by Crippen LogP contribution is -2.46. The molecule has 1 aliphatic rings. The number of rotatable bonds is 9. The van der Waals surface area contributed by atoms with Crippen LogP contribution in [-0.4, -0.2) is 59.8 Å². The third kappa shape index (κ3) is 7.04. The summed E-state index contributed by atoms with van der Waals surface area (Å²) in [6.07, 6.45) is 1.97. The van der Waals surface area contributed by atoms with Crippen molar-refractivity contribution in [3.05, 3.63) is 58.1 Å². The van der Waals surface area contributed by atoms with E-state index in [0.29, 0.717) is 34.4 Å². The number of nitrogens with one attached hydrogen (secondary N) is 1. The van der Waals surface area contributed by atoms with E-state index >= 15 is 0 Å². The van der Waals surface area contributed by atoms with Gasteiger partial charge in [-0.1, -0.05) is 42.3 Å². The van der Waals surface area contributed by atoms with Gasteiger partial charge in [-0.05, 0) is 30.8 Å². The molecular formula is C23H23Cl2F2N7O2. The molecule has 1 heterocycles. The zero-order valence-electron chi connectivity index (χ0n) is 19.2. The SMILES string of the molecule is CCN(CCC(N)=O)C1CN(C(=Nc2cccc(OC(F)F)c2)NC#N)N=C1c1ccc(Cl)c(Cl)c1. The van der Waals surface area contributed by atoms with Crippen molar-refractivity contribution in [2.75, 3.05) is 19.6 Å². The molecule has 3 N–H and O–H groups in total. The Labute approximate surface area is 216 Å². The van der Waals surface area contributed by atoms with Crippen LogP contribution in [0.25, 0.3) is 0 Å². The highest BCUT2D eigenvalue weighted by Gasteiger charge is 2.34. The van der Waals surface area contributed by atoms with Gasteiger partial charge >= 0.3 is 6.61 Å². The zero-order chi connectivity index (χ0) is 26.2. The van der Waals surface area contributed by atoms with Crippen molar-refractivity contribution in [1.82, 2.24) is 15.2 Å². The van der Waals surface area contributed by atoms with E-state index in [-0.39, 0.29) is 36.4 Å². The largest absolute Gasteiger partial charge is 0.435 e. The fraction of sp³-hybridized carbons (Fsp3) is 0.304. The molecule has 36 heavy (non-hydrogen) atoms. The van der Waals surface area contributed by atoms with Gasteiger partial charge in [0.1, 0.15) is 5.75 Å². The number of nitrogens with zero attached hydrogens (tertiary/aromatic N) is 5. The van der Waals surface area contributed by atoms with E-state index in [4.69, 9.17) is 28.9 Å². The number of guanidine groups is 1. The van der Waals surface area contributed by atoms with Crippen LogP contribution in [-0.2, 0) is 4.79 Å². The number of amides is 1. The van der Waals surface area contributed by atoms with Gasteiger partial charge in [0.2, 0.25) is 11.9 Å². The molecule has 0 radical (unpaired) electrons. The van der Waals surface area contributed by atoms with Crippen molar-refractivity contribution in [2.45, 2.75) is 26.0 Å². The normalized spacial score (nSPS) is 15.7. The molecule has 0 aromatic heterocycles. The van der Waals surface area contributed by atoms with Gasteiger partial charge in [0.15, 0.2) is 6.19 Å². The summed E-state index contributed by atoms with van der Waals surface area (Å²) in [4.78, 5) is 17.8. The summed E-state index contributed by atoms with van der Waals surface area (Å²) in [5.74, 6) is -0.446. The van der Waals surface area contributed by atoms with Gasteiger partial charge in [-0.2, -0.15) is 19.1 Å². The summed E-state index contributed by atoms with van der Waals surface area (Å²) in [5.41, 5.74) is 6.93. The van der Waals surface area contributed by atoms with E-state index in [1.165, 1.54) is 23.2 Å². The molecule has 0 spiro atoms. The standard InChI is InChI=1S/C23H23Cl2F2N7O2/c1-2-33(9-8-20(29)35)19-12-34(32-21(19)14-6-7-17(24)18(25)10-14)23(30-13-28)31-15-4-3-5-16(11-15)36-22(26)27/h3-7,10-11,19,22H,2,8-9,12H2,1H3,(H2,29,35)(H,30,31). The van der Waals surface area contributed by atoms with Crippen LogP contribution in [0.4, 0.5) is 14.5 Å². The predicted octanol–water partition coefficient (Wildman–Crippen LogP) is 3.94. The van der Waals surface area contributed by atoms with E-state index in [0.717, 1.165) is 0 Å². The lowest BCUT2D eigenvalue weighted by Gasteiger charge is -2.28. The lowest BCUT2D eigenvalue weighted by molar-refractivity contribution is -0.118. The van der Waals surface area contributed by atoms with Gasteiger partial charge in [0.05, 0.1) is 34.0 Å². The summed E-state index contributed by atoms with van der Waals surface area (Å²) in [6.45, 7) is 0.183. The smallest absolute Gasteiger partial charge is 0.387 e. The maximum atomic E-state index is 12.6. The third-order valence-electron chi connectivity index (χ3n) is 5.29. The number of likely N-dealkylation sites (N-methyl/N-ethyl adjacent to an activating group) is 1. The minimum Gasteiger partial charge on any atom is -0.435 e. The number of benzene rings is 2. The molecule has 2 aromatic carbocycles. The van der Waals surface area contributed by atoms with E-state index in [2.05, 4.69) is 20.1 Å². The minimum absolute atomic E-state index is 0.0673. The van der Waals surface area contributed by atoms with Crippen molar-refractivity contribution in [1.29, 1.82) is 5.26 Å². The summed E-state index contributed by atoms with van der Waals surface area (Å²) < 4.78 is 29.7. The monoisotopic (exact) mass is 537 g/mol. The summed E-state index contributed by atoms with van der Waals surface area (Å²) in [6, 6.07) is 10.5. The summed E-state index contributed by atoms with van der Waals surface area (Å²) in [5, 5.41) is 18.7.